The van der Waals surface area contributed by atoms with Crippen LogP contribution in [0.4, 0.5) is 0 Å². The number of carbonyl (C=O) groups is 1. The van der Waals surface area contributed by atoms with Crippen LogP contribution in [-0.4, -0.2) is 50.2 Å². The monoisotopic (exact) mass is 500 g/mol. The maximum absolute atomic E-state index is 13.6. The molecule has 1 saturated heterocycles. The van der Waals surface area contributed by atoms with Gasteiger partial charge < -0.3 is 19.7 Å². The van der Waals surface area contributed by atoms with Crippen molar-refractivity contribution in [1.82, 2.24) is 10.2 Å². The van der Waals surface area contributed by atoms with Gasteiger partial charge in [-0.15, -0.1) is 0 Å². The first-order valence-corrected chi connectivity index (χ1v) is 13.3. The summed E-state index contributed by atoms with van der Waals surface area (Å²) in [4.78, 5) is 15.7. The molecule has 0 radical (unpaired) electrons. The van der Waals surface area contributed by atoms with Crippen molar-refractivity contribution in [3.63, 3.8) is 0 Å². The third-order valence-electron chi connectivity index (χ3n) is 7.30. The largest absolute Gasteiger partial charge is 0.493 e. The van der Waals surface area contributed by atoms with Gasteiger partial charge >= 0.3 is 0 Å². The number of benzene rings is 3. The van der Waals surface area contributed by atoms with Crippen LogP contribution < -0.4 is 14.8 Å². The minimum atomic E-state index is 0.149. The molecule has 0 saturated carbocycles. The van der Waals surface area contributed by atoms with Crippen molar-refractivity contribution in [3.05, 3.63) is 94.5 Å². The van der Waals surface area contributed by atoms with E-state index in [-0.39, 0.29) is 11.9 Å². The average Bonchev–Trinajstić information content (AvgIpc) is 2.90. The SMILES string of the molecule is COc1cccc(CCCN[C@H]2CCN(C(=O)c3cc(C)cc(C)c3)[C@H](Cc3ccccc3)C2)c1OC. The standard InChI is InChI=1S/C32H40N2O3/c1-23-18-24(2)20-27(19-23)32(35)34-17-15-28(22-29(34)21-25-10-6-5-7-11-25)33-16-9-13-26-12-8-14-30(36-3)31(26)37-4/h5-8,10-12,14,18-20,28-29,33H,9,13,15-17,21-22H2,1-4H3/t28-,29+/m0/s1. The minimum absolute atomic E-state index is 0.149. The van der Waals surface area contributed by atoms with E-state index in [4.69, 9.17) is 9.47 Å². The second-order valence-corrected chi connectivity index (χ2v) is 10.2. The Morgan fingerprint density at radius 3 is 2.43 bits per heavy atom. The van der Waals surface area contributed by atoms with E-state index in [0.717, 1.165) is 73.4 Å². The predicted molar refractivity (Wildman–Crippen MR) is 150 cm³/mol. The van der Waals surface area contributed by atoms with Gasteiger partial charge in [0.25, 0.3) is 5.91 Å². The van der Waals surface area contributed by atoms with E-state index < -0.39 is 0 Å². The molecule has 3 aromatic carbocycles. The van der Waals surface area contributed by atoms with Gasteiger partial charge in [-0.3, -0.25) is 4.79 Å². The fourth-order valence-electron chi connectivity index (χ4n) is 5.58. The predicted octanol–water partition coefficient (Wildman–Crippen LogP) is 5.76. The number of amides is 1. The molecule has 5 nitrogen and oxygen atoms in total. The van der Waals surface area contributed by atoms with Crippen LogP contribution in [0, 0.1) is 13.8 Å². The van der Waals surface area contributed by atoms with Crippen LogP contribution in [0.15, 0.2) is 66.7 Å². The smallest absolute Gasteiger partial charge is 0.254 e. The summed E-state index contributed by atoms with van der Waals surface area (Å²) in [5.41, 5.74) is 5.50. The van der Waals surface area contributed by atoms with Crippen LogP contribution in [0.25, 0.3) is 0 Å². The van der Waals surface area contributed by atoms with Crippen LogP contribution in [-0.2, 0) is 12.8 Å². The first kappa shape index (κ1) is 26.7. The van der Waals surface area contributed by atoms with Crippen molar-refractivity contribution in [1.29, 1.82) is 0 Å². The van der Waals surface area contributed by atoms with Gasteiger partial charge in [-0.1, -0.05) is 59.7 Å². The quantitative estimate of drug-likeness (QED) is 0.360. The van der Waals surface area contributed by atoms with Crippen LogP contribution >= 0.6 is 0 Å². The Morgan fingerprint density at radius 1 is 0.973 bits per heavy atom. The summed E-state index contributed by atoms with van der Waals surface area (Å²) in [6, 6.07) is 23.3. The summed E-state index contributed by atoms with van der Waals surface area (Å²) in [6.45, 7) is 5.81. The van der Waals surface area contributed by atoms with Gasteiger partial charge in [0.2, 0.25) is 0 Å². The van der Waals surface area contributed by atoms with Gasteiger partial charge in [-0.05, 0) is 81.8 Å². The molecule has 2 atom stereocenters. The molecule has 4 rings (SSSR count). The van der Waals surface area contributed by atoms with Crippen molar-refractivity contribution in [3.8, 4) is 11.5 Å². The molecule has 0 aromatic heterocycles. The van der Waals surface area contributed by atoms with Crippen LogP contribution in [0.2, 0.25) is 0 Å². The first-order chi connectivity index (χ1) is 18.0. The van der Waals surface area contributed by atoms with Gasteiger partial charge in [0, 0.05) is 24.2 Å². The number of likely N-dealkylation sites (tertiary alicyclic amines) is 1. The second-order valence-electron chi connectivity index (χ2n) is 10.2. The maximum atomic E-state index is 13.6. The third kappa shape index (κ3) is 6.92. The van der Waals surface area contributed by atoms with Gasteiger partial charge in [0.1, 0.15) is 0 Å². The number of piperidine rings is 1. The van der Waals surface area contributed by atoms with Gasteiger partial charge in [-0.25, -0.2) is 0 Å². The van der Waals surface area contributed by atoms with Gasteiger partial charge in [0.05, 0.1) is 14.2 Å². The number of ether oxygens (including phenoxy) is 2. The Morgan fingerprint density at radius 2 is 1.73 bits per heavy atom. The topological polar surface area (TPSA) is 50.8 Å². The zero-order valence-electron chi connectivity index (χ0n) is 22.6. The lowest BCUT2D eigenvalue weighted by Gasteiger charge is -2.40. The average molecular weight is 501 g/mol. The minimum Gasteiger partial charge on any atom is -0.493 e. The summed E-state index contributed by atoms with van der Waals surface area (Å²) in [5, 5.41) is 3.78. The Hall–Kier alpha value is -3.31. The highest BCUT2D eigenvalue weighted by atomic mass is 16.5. The van der Waals surface area contributed by atoms with E-state index in [1.807, 2.05) is 30.3 Å². The van der Waals surface area contributed by atoms with Crippen LogP contribution in [0.3, 0.4) is 0 Å². The summed E-state index contributed by atoms with van der Waals surface area (Å²) < 4.78 is 11.0. The van der Waals surface area contributed by atoms with E-state index in [1.165, 1.54) is 11.1 Å². The molecule has 1 aliphatic heterocycles. The van der Waals surface area contributed by atoms with Gasteiger partial charge in [0.15, 0.2) is 11.5 Å². The van der Waals surface area contributed by atoms with Crippen molar-refractivity contribution in [2.45, 2.75) is 58.0 Å². The van der Waals surface area contributed by atoms with E-state index in [0.29, 0.717) is 6.04 Å². The summed E-state index contributed by atoms with van der Waals surface area (Å²) in [5.74, 6) is 1.75. The molecule has 0 aliphatic carbocycles. The first-order valence-electron chi connectivity index (χ1n) is 13.3. The third-order valence-corrected chi connectivity index (χ3v) is 7.30. The molecule has 1 aliphatic rings. The lowest BCUT2D eigenvalue weighted by molar-refractivity contribution is 0.0577. The number of nitrogens with zero attached hydrogens (tertiary/aromatic N) is 1. The van der Waals surface area contributed by atoms with Crippen molar-refractivity contribution >= 4 is 5.91 Å². The normalized spacial score (nSPS) is 17.5. The number of hydrogen-bond acceptors (Lipinski definition) is 4. The lowest BCUT2D eigenvalue weighted by atomic mass is 9.91. The van der Waals surface area contributed by atoms with Crippen LogP contribution in [0.1, 0.15) is 51.9 Å². The fraction of sp³-hybridized carbons (Fsp3) is 0.406. The molecular weight excluding hydrogens is 460 g/mol. The van der Waals surface area contributed by atoms with E-state index >= 15 is 0 Å². The van der Waals surface area contributed by atoms with E-state index in [1.54, 1.807) is 14.2 Å². The van der Waals surface area contributed by atoms with Gasteiger partial charge in [-0.2, -0.15) is 0 Å². The number of methoxy groups -OCH3 is 2. The van der Waals surface area contributed by atoms with Crippen LogP contribution in [0.5, 0.6) is 11.5 Å². The Kier molecular flexibility index (Phi) is 9.24. The zero-order valence-corrected chi connectivity index (χ0v) is 22.6. The molecule has 0 bridgehead atoms. The van der Waals surface area contributed by atoms with E-state index in [2.05, 4.69) is 60.5 Å². The zero-order chi connectivity index (χ0) is 26.2. The molecule has 0 unspecified atom stereocenters. The Balaban J connectivity index is 1.40. The molecule has 1 heterocycles. The maximum Gasteiger partial charge on any atom is 0.254 e. The molecule has 1 amide bonds. The molecule has 37 heavy (non-hydrogen) atoms. The molecule has 196 valence electrons. The number of carbonyl (C=O) groups excluding carboxylic acids is 1. The second kappa shape index (κ2) is 12.8. The summed E-state index contributed by atoms with van der Waals surface area (Å²) >= 11 is 0. The summed E-state index contributed by atoms with van der Waals surface area (Å²) in [7, 11) is 3.37. The highest BCUT2D eigenvalue weighted by Crippen LogP contribution is 2.31. The van der Waals surface area contributed by atoms with Crippen molar-refractivity contribution in [2.75, 3.05) is 27.3 Å². The highest BCUT2D eigenvalue weighted by Gasteiger charge is 2.32. The van der Waals surface area contributed by atoms with E-state index in [9.17, 15) is 4.79 Å². The number of rotatable bonds is 10. The molecule has 3 aromatic rings. The van der Waals surface area contributed by atoms with Crippen molar-refractivity contribution < 1.29 is 14.3 Å². The summed E-state index contributed by atoms with van der Waals surface area (Å²) in [6.07, 6.45) is 4.72. The Bertz CT molecular complexity index is 1160. The van der Waals surface area contributed by atoms with Crippen molar-refractivity contribution in [2.24, 2.45) is 0 Å². The lowest BCUT2D eigenvalue weighted by Crippen LogP contribution is -2.52. The number of para-hydroxylation sites is 1. The number of hydrogen-bond donors (Lipinski definition) is 1. The highest BCUT2D eigenvalue weighted by molar-refractivity contribution is 5.95. The number of aryl methyl sites for hydroxylation is 3. The number of nitrogens with one attached hydrogen (secondary N) is 1. The fourth-order valence-corrected chi connectivity index (χ4v) is 5.58. The molecular formula is C32H40N2O3. The molecule has 5 heteroatoms. The Labute approximate surface area is 221 Å². The molecule has 0 spiro atoms. The molecule has 1 N–H and O–H groups in total. The molecule has 1 fully saturated rings.